The van der Waals surface area contributed by atoms with Gasteiger partial charge in [0, 0.05) is 18.6 Å². The molecule has 6 nitrogen and oxygen atoms in total. The number of allylic oxidation sites excluding steroid dienone is 1. The Bertz CT molecular complexity index is 756. The molecule has 0 unspecified atom stereocenters. The van der Waals surface area contributed by atoms with E-state index >= 15 is 0 Å². The molecule has 1 aliphatic carbocycles. The zero-order valence-electron chi connectivity index (χ0n) is 14.0. The van der Waals surface area contributed by atoms with Crippen molar-refractivity contribution in [1.29, 1.82) is 0 Å². The predicted molar refractivity (Wildman–Crippen MR) is 84.9 cm³/mol. The maximum atomic E-state index is 14.4. The third-order valence-electron chi connectivity index (χ3n) is 4.90. The standard InChI is InChI=1S/C18H19FO6/c1-10(18-4-3-12(20)7-16(18)24-9-25-18)5-11-6-13(17(21)22)15(23-2)8-14(11)19/h6-8,10H,3-5,9H2,1-2H3,(H,21,22)/t10-,18+/m0/s1. The average Bonchev–Trinajstić information content (AvgIpc) is 3.00. The quantitative estimate of drug-likeness (QED) is 0.879. The Labute approximate surface area is 144 Å². The second-order valence-corrected chi connectivity index (χ2v) is 6.33. The lowest BCUT2D eigenvalue weighted by Gasteiger charge is -2.35. The molecule has 1 aromatic rings. The van der Waals surface area contributed by atoms with Crippen LogP contribution in [0, 0.1) is 11.7 Å². The zero-order valence-corrected chi connectivity index (χ0v) is 14.0. The lowest BCUT2D eigenvalue weighted by Crippen LogP contribution is -2.41. The fraction of sp³-hybridized carbons (Fsp3) is 0.444. The monoisotopic (exact) mass is 350 g/mol. The van der Waals surface area contributed by atoms with Crippen molar-refractivity contribution in [1.82, 2.24) is 0 Å². The molecular weight excluding hydrogens is 331 g/mol. The molecule has 1 N–H and O–H groups in total. The topological polar surface area (TPSA) is 82.1 Å². The normalized spacial score (nSPS) is 23.5. The van der Waals surface area contributed by atoms with Crippen LogP contribution in [-0.4, -0.2) is 36.4 Å². The highest BCUT2D eigenvalue weighted by Gasteiger charge is 2.49. The van der Waals surface area contributed by atoms with E-state index in [-0.39, 0.29) is 41.8 Å². The van der Waals surface area contributed by atoms with Crippen LogP contribution in [0.25, 0.3) is 0 Å². The summed E-state index contributed by atoms with van der Waals surface area (Å²) in [7, 11) is 1.29. The Morgan fingerprint density at radius 3 is 2.92 bits per heavy atom. The molecule has 0 radical (unpaired) electrons. The lowest BCUT2D eigenvalue weighted by molar-refractivity contribution is -0.117. The summed E-state index contributed by atoms with van der Waals surface area (Å²) in [6.45, 7) is 1.93. The minimum atomic E-state index is -1.19. The minimum absolute atomic E-state index is 0.0212. The van der Waals surface area contributed by atoms with E-state index < -0.39 is 17.4 Å². The van der Waals surface area contributed by atoms with Gasteiger partial charge < -0.3 is 19.3 Å². The Balaban J connectivity index is 1.92. The predicted octanol–water partition coefficient (Wildman–Crippen LogP) is 2.70. The third-order valence-corrected chi connectivity index (χ3v) is 4.90. The van der Waals surface area contributed by atoms with Crippen LogP contribution >= 0.6 is 0 Å². The van der Waals surface area contributed by atoms with Gasteiger partial charge in [-0.3, -0.25) is 4.79 Å². The Morgan fingerprint density at radius 2 is 2.24 bits per heavy atom. The van der Waals surface area contributed by atoms with Crippen LogP contribution in [0.1, 0.15) is 35.7 Å². The molecule has 1 heterocycles. The minimum Gasteiger partial charge on any atom is -0.496 e. The highest BCUT2D eigenvalue weighted by atomic mass is 19.1. The SMILES string of the molecule is COc1cc(F)c(C[C@H](C)[C@]23CCC(=O)C=C2OCO3)cc1C(=O)O. The Hall–Kier alpha value is -2.41. The fourth-order valence-electron chi connectivity index (χ4n) is 3.50. The molecule has 7 heteroatoms. The van der Waals surface area contributed by atoms with E-state index in [2.05, 4.69) is 0 Å². The molecule has 1 aliphatic heterocycles. The maximum absolute atomic E-state index is 14.4. The lowest BCUT2D eigenvalue weighted by atomic mass is 9.76. The smallest absolute Gasteiger partial charge is 0.339 e. The van der Waals surface area contributed by atoms with Crippen LogP contribution in [0.3, 0.4) is 0 Å². The van der Waals surface area contributed by atoms with Gasteiger partial charge in [0.05, 0.1) is 7.11 Å². The molecule has 0 bridgehead atoms. The van der Waals surface area contributed by atoms with Crippen molar-refractivity contribution in [2.45, 2.75) is 31.8 Å². The number of carboxylic acid groups (broad SMARTS) is 1. The van der Waals surface area contributed by atoms with Gasteiger partial charge in [-0.15, -0.1) is 0 Å². The Kier molecular flexibility index (Phi) is 4.51. The first-order valence-electron chi connectivity index (χ1n) is 7.99. The first-order valence-corrected chi connectivity index (χ1v) is 7.99. The summed E-state index contributed by atoms with van der Waals surface area (Å²) in [4.78, 5) is 23.0. The number of hydrogen-bond donors (Lipinski definition) is 1. The molecule has 3 rings (SSSR count). The van der Waals surface area contributed by atoms with Gasteiger partial charge in [-0.2, -0.15) is 0 Å². The summed E-state index contributed by atoms with van der Waals surface area (Å²) in [5, 5.41) is 9.28. The largest absolute Gasteiger partial charge is 0.496 e. The summed E-state index contributed by atoms with van der Waals surface area (Å²) < 4.78 is 30.5. The molecule has 134 valence electrons. The number of methoxy groups -OCH3 is 1. The van der Waals surface area contributed by atoms with Crippen molar-refractivity contribution in [3.63, 3.8) is 0 Å². The van der Waals surface area contributed by atoms with Crippen LogP contribution < -0.4 is 4.74 Å². The van der Waals surface area contributed by atoms with Crippen molar-refractivity contribution < 1.29 is 33.3 Å². The summed E-state index contributed by atoms with van der Waals surface area (Å²) >= 11 is 0. The molecule has 0 amide bonds. The first kappa shape index (κ1) is 17.4. The van der Waals surface area contributed by atoms with Gasteiger partial charge in [0.15, 0.2) is 12.6 Å². The summed E-state index contributed by atoms with van der Waals surface area (Å²) in [5.74, 6) is -1.51. The first-order chi connectivity index (χ1) is 11.9. The second kappa shape index (κ2) is 6.48. The number of carbonyl (C=O) groups excluding carboxylic acids is 1. The molecule has 2 atom stereocenters. The van der Waals surface area contributed by atoms with E-state index in [0.717, 1.165) is 6.07 Å². The van der Waals surface area contributed by atoms with E-state index in [0.29, 0.717) is 18.6 Å². The Morgan fingerprint density at radius 1 is 1.48 bits per heavy atom. The van der Waals surface area contributed by atoms with Gasteiger partial charge in [-0.1, -0.05) is 6.92 Å². The summed E-state index contributed by atoms with van der Waals surface area (Å²) in [5.41, 5.74) is -0.613. The number of aromatic carboxylic acids is 1. The van der Waals surface area contributed by atoms with Gasteiger partial charge in [-0.05, 0) is 30.4 Å². The molecule has 1 saturated heterocycles. The number of fused-ring (bicyclic) bond motifs is 1. The molecule has 1 fully saturated rings. The zero-order chi connectivity index (χ0) is 18.2. The van der Waals surface area contributed by atoms with Gasteiger partial charge in [-0.25, -0.2) is 9.18 Å². The van der Waals surface area contributed by atoms with Crippen molar-refractivity contribution >= 4 is 11.8 Å². The molecular formula is C18H19FO6. The van der Waals surface area contributed by atoms with Gasteiger partial charge in [0.1, 0.15) is 28.5 Å². The van der Waals surface area contributed by atoms with Crippen molar-refractivity contribution in [2.75, 3.05) is 13.9 Å². The molecule has 2 aliphatic rings. The second-order valence-electron chi connectivity index (χ2n) is 6.33. The van der Waals surface area contributed by atoms with E-state index in [4.69, 9.17) is 14.2 Å². The van der Waals surface area contributed by atoms with Crippen LogP contribution in [0.5, 0.6) is 5.75 Å². The van der Waals surface area contributed by atoms with E-state index in [1.807, 2.05) is 6.92 Å². The number of ether oxygens (including phenoxy) is 3. The average molecular weight is 350 g/mol. The van der Waals surface area contributed by atoms with Gasteiger partial charge in [0.2, 0.25) is 0 Å². The van der Waals surface area contributed by atoms with Crippen LogP contribution in [0.15, 0.2) is 24.0 Å². The number of carbonyl (C=O) groups is 2. The highest BCUT2D eigenvalue weighted by Crippen LogP contribution is 2.44. The number of ketones is 1. The van der Waals surface area contributed by atoms with E-state index in [9.17, 15) is 19.1 Å². The summed E-state index contributed by atoms with van der Waals surface area (Å²) in [6.07, 6.45) is 2.48. The number of carboxylic acids is 1. The molecule has 0 spiro atoms. The van der Waals surface area contributed by atoms with Crippen molar-refractivity contribution in [3.8, 4) is 5.75 Å². The van der Waals surface area contributed by atoms with E-state index in [1.165, 1.54) is 19.3 Å². The third kappa shape index (κ3) is 3.00. The number of rotatable bonds is 5. The number of hydrogen-bond acceptors (Lipinski definition) is 5. The van der Waals surface area contributed by atoms with Gasteiger partial charge in [0.25, 0.3) is 0 Å². The van der Waals surface area contributed by atoms with Crippen molar-refractivity contribution in [3.05, 3.63) is 40.9 Å². The maximum Gasteiger partial charge on any atom is 0.339 e. The van der Waals surface area contributed by atoms with Gasteiger partial charge >= 0.3 is 5.97 Å². The van der Waals surface area contributed by atoms with Crippen LogP contribution in [0.2, 0.25) is 0 Å². The number of benzene rings is 1. The van der Waals surface area contributed by atoms with Crippen LogP contribution in [-0.2, 0) is 20.7 Å². The molecule has 25 heavy (non-hydrogen) atoms. The highest BCUT2D eigenvalue weighted by molar-refractivity contribution is 5.92. The number of halogens is 1. The van der Waals surface area contributed by atoms with E-state index in [1.54, 1.807) is 0 Å². The summed E-state index contributed by atoms with van der Waals surface area (Å²) in [6, 6.07) is 2.37. The van der Waals surface area contributed by atoms with Crippen LogP contribution in [0.4, 0.5) is 4.39 Å². The molecule has 0 aromatic heterocycles. The molecule has 1 aromatic carbocycles. The molecule has 0 saturated carbocycles. The van der Waals surface area contributed by atoms with Crippen molar-refractivity contribution in [2.24, 2.45) is 5.92 Å². The fourth-order valence-corrected chi connectivity index (χ4v) is 3.50.